The first-order valence-corrected chi connectivity index (χ1v) is 4.93. The molecule has 0 aliphatic heterocycles. The summed E-state index contributed by atoms with van der Waals surface area (Å²) in [7, 11) is 0. The van der Waals surface area contributed by atoms with E-state index in [0.717, 1.165) is 4.47 Å². The Kier molecular flexibility index (Phi) is 4.01. The number of hydrogen-bond donors (Lipinski definition) is 1. The molecule has 0 saturated heterocycles. The van der Waals surface area contributed by atoms with Gasteiger partial charge in [0, 0.05) is 11.4 Å². The number of nitrogens with one attached hydrogen (secondary N) is 1. The standard InChI is InChI=1S/C10H8BrN3O/c1-7(15)10(6-12)14-13-9-4-2-8(11)3-5-9/h2-5,13H,1H3. The number of nitrogens with zero attached hydrogens (tertiary/aromatic N) is 2. The number of rotatable bonds is 3. The lowest BCUT2D eigenvalue weighted by Gasteiger charge is -1.99. The van der Waals surface area contributed by atoms with Crippen molar-refractivity contribution >= 4 is 33.1 Å². The summed E-state index contributed by atoms with van der Waals surface area (Å²) in [5.74, 6) is -0.359. The van der Waals surface area contributed by atoms with Crippen molar-refractivity contribution < 1.29 is 4.79 Å². The van der Waals surface area contributed by atoms with E-state index in [4.69, 9.17) is 5.26 Å². The van der Waals surface area contributed by atoms with Crippen LogP contribution in [0.3, 0.4) is 0 Å². The molecule has 4 nitrogen and oxygen atoms in total. The number of halogens is 1. The highest BCUT2D eigenvalue weighted by atomic mass is 79.9. The highest BCUT2D eigenvalue weighted by molar-refractivity contribution is 9.10. The highest BCUT2D eigenvalue weighted by Crippen LogP contribution is 2.13. The Bertz CT molecular complexity index is 431. The van der Waals surface area contributed by atoms with Crippen LogP contribution in [-0.2, 0) is 4.79 Å². The number of hydrazone groups is 1. The van der Waals surface area contributed by atoms with Crippen LogP contribution in [-0.4, -0.2) is 11.5 Å². The quantitative estimate of drug-likeness (QED) is 0.674. The third kappa shape index (κ3) is 3.52. The second kappa shape index (κ2) is 5.27. The minimum absolute atomic E-state index is 0.141. The van der Waals surface area contributed by atoms with Crippen molar-refractivity contribution in [2.45, 2.75) is 6.92 Å². The van der Waals surface area contributed by atoms with E-state index in [2.05, 4.69) is 26.5 Å². The third-order valence-corrected chi connectivity index (χ3v) is 2.11. The van der Waals surface area contributed by atoms with Gasteiger partial charge in [0.1, 0.15) is 6.07 Å². The van der Waals surface area contributed by atoms with Gasteiger partial charge in [0.25, 0.3) is 0 Å². The zero-order valence-corrected chi connectivity index (χ0v) is 9.58. The van der Waals surface area contributed by atoms with E-state index in [1.165, 1.54) is 6.92 Å². The fraction of sp³-hybridized carbons (Fsp3) is 0.100. The average molecular weight is 266 g/mol. The molecule has 0 heterocycles. The van der Waals surface area contributed by atoms with Gasteiger partial charge in [0.05, 0.1) is 5.69 Å². The van der Waals surface area contributed by atoms with E-state index in [9.17, 15) is 4.79 Å². The van der Waals surface area contributed by atoms with Crippen molar-refractivity contribution in [3.63, 3.8) is 0 Å². The van der Waals surface area contributed by atoms with Gasteiger partial charge >= 0.3 is 0 Å². The van der Waals surface area contributed by atoms with Crippen LogP contribution in [0.4, 0.5) is 5.69 Å². The van der Waals surface area contributed by atoms with Gasteiger partial charge in [0.2, 0.25) is 5.71 Å². The minimum atomic E-state index is -0.359. The molecule has 0 aliphatic rings. The number of benzene rings is 1. The van der Waals surface area contributed by atoms with Gasteiger partial charge in [-0.2, -0.15) is 10.4 Å². The van der Waals surface area contributed by atoms with Gasteiger partial charge in [-0.15, -0.1) is 0 Å². The molecule has 0 bridgehead atoms. The minimum Gasteiger partial charge on any atom is -0.292 e. The van der Waals surface area contributed by atoms with Gasteiger partial charge < -0.3 is 0 Å². The molecule has 5 heteroatoms. The Labute approximate surface area is 95.7 Å². The molecular formula is C10H8BrN3O. The van der Waals surface area contributed by atoms with Crippen LogP contribution in [0, 0.1) is 11.3 Å². The topological polar surface area (TPSA) is 65.2 Å². The van der Waals surface area contributed by atoms with Crippen LogP contribution in [0.5, 0.6) is 0 Å². The number of anilines is 1. The molecule has 1 rings (SSSR count). The SMILES string of the molecule is CC(=O)C(C#N)=NNc1ccc(Br)cc1. The van der Waals surface area contributed by atoms with Crippen molar-refractivity contribution in [1.82, 2.24) is 0 Å². The van der Waals surface area contributed by atoms with Crippen molar-refractivity contribution in [2.24, 2.45) is 5.10 Å². The summed E-state index contributed by atoms with van der Waals surface area (Å²) in [5.41, 5.74) is 3.20. The van der Waals surface area contributed by atoms with E-state index in [1.807, 2.05) is 12.1 Å². The lowest BCUT2D eigenvalue weighted by Crippen LogP contribution is -2.09. The molecule has 0 radical (unpaired) electrons. The summed E-state index contributed by atoms with van der Waals surface area (Å²) in [4.78, 5) is 10.8. The first-order chi connectivity index (χ1) is 7.13. The predicted octanol–water partition coefficient (Wildman–Crippen LogP) is 2.33. The van der Waals surface area contributed by atoms with Gasteiger partial charge in [-0.1, -0.05) is 15.9 Å². The second-order valence-electron chi connectivity index (χ2n) is 2.75. The maximum absolute atomic E-state index is 10.8. The van der Waals surface area contributed by atoms with Crippen LogP contribution < -0.4 is 5.43 Å². The predicted molar refractivity (Wildman–Crippen MR) is 61.5 cm³/mol. The highest BCUT2D eigenvalue weighted by Gasteiger charge is 2.03. The van der Waals surface area contributed by atoms with Crippen LogP contribution >= 0.6 is 15.9 Å². The Morgan fingerprint density at radius 2 is 2.07 bits per heavy atom. The molecule has 0 saturated carbocycles. The first-order valence-electron chi connectivity index (χ1n) is 4.14. The smallest absolute Gasteiger partial charge is 0.203 e. The lowest BCUT2D eigenvalue weighted by atomic mass is 10.3. The fourth-order valence-corrected chi connectivity index (χ4v) is 1.09. The third-order valence-electron chi connectivity index (χ3n) is 1.58. The largest absolute Gasteiger partial charge is 0.292 e. The monoisotopic (exact) mass is 265 g/mol. The van der Waals surface area contributed by atoms with E-state index in [1.54, 1.807) is 18.2 Å². The molecule has 15 heavy (non-hydrogen) atoms. The van der Waals surface area contributed by atoms with Gasteiger partial charge in [-0.25, -0.2) is 0 Å². The molecule has 0 fully saturated rings. The molecule has 0 spiro atoms. The second-order valence-corrected chi connectivity index (χ2v) is 3.66. The van der Waals surface area contributed by atoms with Crippen molar-refractivity contribution in [1.29, 1.82) is 5.26 Å². The van der Waals surface area contributed by atoms with Crippen LogP contribution in [0.25, 0.3) is 0 Å². The van der Waals surface area contributed by atoms with Crippen molar-refractivity contribution in [3.8, 4) is 6.07 Å². The lowest BCUT2D eigenvalue weighted by molar-refractivity contribution is -0.110. The van der Waals surface area contributed by atoms with Crippen LogP contribution in [0.1, 0.15) is 6.92 Å². The molecule has 0 aromatic heterocycles. The number of nitriles is 1. The van der Waals surface area contributed by atoms with E-state index in [0.29, 0.717) is 5.69 Å². The van der Waals surface area contributed by atoms with Crippen LogP contribution in [0.15, 0.2) is 33.8 Å². The van der Waals surface area contributed by atoms with E-state index in [-0.39, 0.29) is 11.5 Å². The summed E-state index contributed by atoms with van der Waals surface area (Å²) in [6, 6.07) is 8.93. The molecule has 76 valence electrons. The number of Topliss-reactive ketones (excluding diaryl/α,β-unsaturated/α-hetero) is 1. The Hall–Kier alpha value is -1.67. The summed E-state index contributed by atoms with van der Waals surface area (Å²) in [5, 5.41) is 12.3. The number of ketones is 1. The summed E-state index contributed by atoms with van der Waals surface area (Å²) >= 11 is 3.29. The Morgan fingerprint density at radius 1 is 1.47 bits per heavy atom. The molecule has 0 atom stereocenters. The zero-order valence-electron chi connectivity index (χ0n) is 7.99. The first kappa shape index (κ1) is 11.4. The molecule has 1 N–H and O–H groups in total. The maximum atomic E-state index is 10.8. The summed E-state index contributed by atoms with van der Waals surface area (Å²) in [6.07, 6.45) is 0. The average Bonchev–Trinajstić information content (AvgIpc) is 2.21. The molecule has 0 aliphatic carbocycles. The normalized spacial score (nSPS) is 10.6. The van der Waals surface area contributed by atoms with Gasteiger partial charge in [0.15, 0.2) is 5.78 Å². The zero-order chi connectivity index (χ0) is 11.3. The van der Waals surface area contributed by atoms with Crippen molar-refractivity contribution in [3.05, 3.63) is 28.7 Å². The Morgan fingerprint density at radius 3 is 2.53 bits per heavy atom. The maximum Gasteiger partial charge on any atom is 0.203 e. The van der Waals surface area contributed by atoms with E-state index >= 15 is 0 Å². The molecular weight excluding hydrogens is 258 g/mol. The molecule has 0 unspecified atom stereocenters. The molecule has 1 aromatic rings. The van der Waals surface area contributed by atoms with E-state index < -0.39 is 0 Å². The number of hydrogen-bond acceptors (Lipinski definition) is 4. The van der Waals surface area contributed by atoms with Gasteiger partial charge in [-0.05, 0) is 24.3 Å². The summed E-state index contributed by atoms with van der Waals surface area (Å²) in [6.45, 7) is 1.30. The van der Waals surface area contributed by atoms with Crippen LogP contribution in [0.2, 0.25) is 0 Å². The molecule has 0 amide bonds. The fourth-order valence-electron chi connectivity index (χ4n) is 0.827. The Balaban J connectivity index is 2.76. The molecule has 1 aromatic carbocycles. The summed E-state index contributed by atoms with van der Waals surface area (Å²) < 4.78 is 0.948. The van der Waals surface area contributed by atoms with Crippen molar-refractivity contribution in [2.75, 3.05) is 5.43 Å². The van der Waals surface area contributed by atoms with Gasteiger partial charge in [-0.3, -0.25) is 10.2 Å². The number of carbonyl (C=O) groups excluding carboxylic acids is 1. The number of carbonyl (C=O) groups is 1.